The van der Waals surface area contributed by atoms with Crippen molar-refractivity contribution < 1.29 is 5.11 Å². The summed E-state index contributed by atoms with van der Waals surface area (Å²) >= 11 is 0. The maximum absolute atomic E-state index is 9.95. The van der Waals surface area contributed by atoms with Crippen LogP contribution < -0.4 is 5.32 Å². The zero-order valence-corrected chi connectivity index (χ0v) is 9.83. The molecular weight excluding hydrogens is 186 g/mol. The average Bonchev–Trinajstić information content (AvgIpc) is 2.17. The molecule has 0 spiro atoms. The first-order valence-electron chi connectivity index (χ1n) is 5.55. The summed E-state index contributed by atoms with van der Waals surface area (Å²) in [4.78, 5) is 0. The fourth-order valence-corrected chi connectivity index (χ4v) is 1.58. The van der Waals surface area contributed by atoms with E-state index in [1.54, 1.807) is 0 Å². The minimum Gasteiger partial charge on any atom is -0.387 e. The van der Waals surface area contributed by atoms with Gasteiger partial charge in [0.15, 0.2) is 0 Å². The first-order chi connectivity index (χ1) is 7.11. The number of aliphatic hydroxyl groups is 1. The van der Waals surface area contributed by atoms with Gasteiger partial charge in [-0.05, 0) is 30.5 Å². The van der Waals surface area contributed by atoms with E-state index in [0.29, 0.717) is 12.5 Å². The zero-order chi connectivity index (χ0) is 11.3. The van der Waals surface area contributed by atoms with Crippen LogP contribution in [0.5, 0.6) is 0 Å². The molecule has 0 aliphatic heterocycles. The van der Waals surface area contributed by atoms with Crippen molar-refractivity contribution in [3.05, 3.63) is 35.4 Å². The van der Waals surface area contributed by atoms with Gasteiger partial charge in [-0.1, -0.05) is 38.1 Å². The standard InChI is InChI=1S/C13H21NO/c1-10(2)8-14-9-13(15)12-7-5-4-6-11(12)3/h4-7,10,13-15H,8-9H2,1-3H3. The van der Waals surface area contributed by atoms with Crippen molar-refractivity contribution in [2.45, 2.75) is 26.9 Å². The van der Waals surface area contributed by atoms with Gasteiger partial charge in [0, 0.05) is 6.54 Å². The van der Waals surface area contributed by atoms with Crippen molar-refractivity contribution in [3.63, 3.8) is 0 Å². The van der Waals surface area contributed by atoms with Crippen LogP contribution in [-0.4, -0.2) is 18.2 Å². The zero-order valence-electron chi connectivity index (χ0n) is 9.83. The molecule has 2 heteroatoms. The molecule has 0 fully saturated rings. The highest BCUT2D eigenvalue weighted by molar-refractivity contribution is 5.27. The summed E-state index contributed by atoms with van der Waals surface area (Å²) < 4.78 is 0. The Kier molecular flexibility index (Phi) is 4.79. The van der Waals surface area contributed by atoms with Crippen LogP contribution in [0.15, 0.2) is 24.3 Å². The van der Waals surface area contributed by atoms with Crippen LogP contribution in [-0.2, 0) is 0 Å². The van der Waals surface area contributed by atoms with Gasteiger partial charge in [-0.2, -0.15) is 0 Å². The highest BCUT2D eigenvalue weighted by atomic mass is 16.3. The lowest BCUT2D eigenvalue weighted by Crippen LogP contribution is -2.25. The summed E-state index contributed by atoms with van der Waals surface area (Å²) in [6.07, 6.45) is -0.398. The van der Waals surface area contributed by atoms with Gasteiger partial charge in [-0.3, -0.25) is 0 Å². The third-order valence-corrected chi connectivity index (χ3v) is 2.44. The van der Waals surface area contributed by atoms with Crippen molar-refractivity contribution in [2.24, 2.45) is 5.92 Å². The van der Waals surface area contributed by atoms with Crippen molar-refractivity contribution in [2.75, 3.05) is 13.1 Å². The first-order valence-corrected chi connectivity index (χ1v) is 5.55. The first kappa shape index (κ1) is 12.2. The molecule has 0 saturated heterocycles. The van der Waals surface area contributed by atoms with E-state index in [1.165, 1.54) is 0 Å². The quantitative estimate of drug-likeness (QED) is 0.776. The van der Waals surface area contributed by atoms with Gasteiger partial charge in [-0.15, -0.1) is 0 Å². The van der Waals surface area contributed by atoms with E-state index in [1.807, 2.05) is 31.2 Å². The minimum absolute atomic E-state index is 0.398. The Morgan fingerprint density at radius 3 is 2.47 bits per heavy atom. The second-order valence-electron chi connectivity index (χ2n) is 4.42. The highest BCUT2D eigenvalue weighted by Gasteiger charge is 2.08. The monoisotopic (exact) mass is 207 g/mol. The molecule has 0 radical (unpaired) electrons. The molecule has 0 aliphatic rings. The number of hydrogen-bond donors (Lipinski definition) is 2. The van der Waals surface area contributed by atoms with Crippen molar-refractivity contribution >= 4 is 0 Å². The number of aryl methyl sites for hydroxylation is 1. The molecule has 1 unspecified atom stereocenters. The van der Waals surface area contributed by atoms with Crippen LogP contribution in [0.2, 0.25) is 0 Å². The summed E-state index contributed by atoms with van der Waals surface area (Å²) in [6, 6.07) is 7.97. The fourth-order valence-electron chi connectivity index (χ4n) is 1.58. The normalized spacial score (nSPS) is 13.1. The van der Waals surface area contributed by atoms with E-state index in [2.05, 4.69) is 19.2 Å². The molecule has 0 saturated carbocycles. The van der Waals surface area contributed by atoms with Gasteiger partial charge >= 0.3 is 0 Å². The molecule has 0 bridgehead atoms. The topological polar surface area (TPSA) is 32.3 Å². The predicted octanol–water partition coefficient (Wildman–Crippen LogP) is 2.27. The summed E-state index contributed by atoms with van der Waals surface area (Å²) in [5.74, 6) is 0.620. The predicted molar refractivity (Wildman–Crippen MR) is 63.8 cm³/mol. The second kappa shape index (κ2) is 5.89. The second-order valence-corrected chi connectivity index (χ2v) is 4.42. The van der Waals surface area contributed by atoms with E-state index in [4.69, 9.17) is 0 Å². The van der Waals surface area contributed by atoms with Crippen LogP contribution in [0, 0.1) is 12.8 Å². The number of nitrogens with one attached hydrogen (secondary N) is 1. The number of rotatable bonds is 5. The van der Waals surface area contributed by atoms with E-state index < -0.39 is 6.10 Å². The van der Waals surface area contributed by atoms with Gasteiger partial charge in [0.1, 0.15) is 0 Å². The van der Waals surface area contributed by atoms with E-state index in [0.717, 1.165) is 17.7 Å². The Hall–Kier alpha value is -0.860. The largest absolute Gasteiger partial charge is 0.387 e. The highest BCUT2D eigenvalue weighted by Crippen LogP contribution is 2.16. The summed E-state index contributed by atoms with van der Waals surface area (Å²) in [5.41, 5.74) is 2.17. The lowest BCUT2D eigenvalue weighted by Gasteiger charge is -2.15. The van der Waals surface area contributed by atoms with Crippen molar-refractivity contribution in [1.82, 2.24) is 5.32 Å². The van der Waals surface area contributed by atoms with Crippen LogP contribution in [0.4, 0.5) is 0 Å². The molecule has 1 atom stereocenters. The maximum Gasteiger partial charge on any atom is 0.0916 e. The molecule has 0 aromatic heterocycles. The number of aliphatic hydroxyl groups excluding tert-OH is 1. The number of hydrogen-bond acceptors (Lipinski definition) is 2. The molecule has 1 rings (SSSR count). The molecule has 0 amide bonds. The maximum atomic E-state index is 9.95. The van der Waals surface area contributed by atoms with E-state index >= 15 is 0 Å². The van der Waals surface area contributed by atoms with Crippen LogP contribution >= 0.6 is 0 Å². The Labute approximate surface area is 92.3 Å². The van der Waals surface area contributed by atoms with Crippen molar-refractivity contribution in [3.8, 4) is 0 Å². The molecule has 0 aliphatic carbocycles. The van der Waals surface area contributed by atoms with Gasteiger partial charge in [0.2, 0.25) is 0 Å². The molecule has 2 N–H and O–H groups in total. The van der Waals surface area contributed by atoms with Gasteiger partial charge < -0.3 is 10.4 Å². The Morgan fingerprint density at radius 1 is 1.20 bits per heavy atom. The lowest BCUT2D eigenvalue weighted by atomic mass is 10.0. The van der Waals surface area contributed by atoms with E-state index in [9.17, 15) is 5.11 Å². The fraction of sp³-hybridized carbons (Fsp3) is 0.538. The molecule has 1 aromatic rings. The SMILES string of the molecule is Cc1ccccc1C(O)CNCC(C)C. The molecular formula is C13H21NO. The molecule has 1 aromatic carbocycles. The van der Waals surface area contributed by atoms with Gasteiger partial charge in [-0.25, -0.2) is 0 Å². The molecule has 2 nitrogen and oxygen atoms in total. The van der Waals surface area contributed by atoms with Crippen LogP contribution in [0.3, 0.4) is 0 Å². The third kappa shape index (κ3) is 4.02. The summed E-state index contributed by atoms with van der Waals surface area (Å²) in [7, 11) is 0. The van der Waals surface area contributed by atoms with Crippen LogP contribution in [0.25, 0.3) is 0 Å². The third-order valence-electron chi connectivity index (χ3n) is 2.44. The molecule has 15 heavy (non-hydrogen) atoms. The summed E-state index contributed by atoms with van der Waals surface area (Å²) in [5, 5.41) is 13.2. The Balaban J connectivity index is 2.47. The van der Waals surface area contributed by atoms with Gasteiger partial charge in [0.25, 0.3) is 0 Å². The smallest absolute Gasteiger partial charge is 0.0916 e. The lowest BCUT2D eigenvalue weighted by molar-refractivity contribution is 0.173. The summed E-state index contributed by atoms with van der Waals surface area (Å²) in [6.45, 7) is 7.92. The van der Waals surface area contributed by atoms with E-state index in [-0.39, 0.29) is 0 Å². The molecule has 84 valence electrons. The Morgan fingerprint density at radius 2 is 1.87 bits per heavy atom. The number of benzene rings is 1. The Bertz CT molecular complexity index is 296. The minimum atomic E-state index is -0.398. The average molecular weight is 207 g/mol. The molecule has 0 heterocycles. The van der Waals surface area contributed by atoms with Crippen LogP contribution in [0.1, 0.15) is 31.1 Å². The van der Waals surface area contributed by atoms with Gasteiger partial charge in [0.05, 0.1) is 6.10 Å². The van der Waals surface area contributed by atoms with Crippen molar-refractivity contribution in [1.29, 1.82) is 0 Å².